The fourth-order valence-corrected chi connectivity index (χ4v) is 12.6. The zero-order valence-corrected chi connectivity index (χ0v) is 22.1. The quantitative estimate of drug-likeness (QED) is 0.203. The Bertz CT molecular complexity index is 1340. The van der Waals surface area contributed by atoms with Gasteiger partial charge in [0.25, 0.3) is 0 Å². The molecule has 0 aliphatic carbocycles. The molecule has 0 bridgehead atoms. The molecule has 0 heterocycles. The van der Waals surface area contributed by atoms with Crippen molar-refractivity contribution in [3.63, 3.8) is 0 Å². The van der Waals surface area contributed by atoms with Crippen LogP contribution in [0.1, 0.15) is 0 Å². The lowest BCUT2D eigenvalue weighted by Crippen LogP contribution is -2.23. The van der Waals surface area contributed by atoms with Crippen molar-refractivity contribution < 1.29 is 4.74 Å². The molecule has 5 rings (SSSR count). The molecular weight excluding hydrogens is 476 g/mol. The predicted octanol–water partition coefficient (Wildman–Crippen LogP) is 7.27. The highest BCUT2D eigenvalue weighted by molar-refractivity contribution is 7.92. The van der Waals surface area contributed by atoms with Gasteiger partial charge in [0.05, 0.1) is 12.8 Å². The molecule has 0 radical (unpaired) electrons. The van der Waals surface area contributed by atoms with Crippen molar-refractivity contribution in [2.75, 3.05) is 13.0 Å². The van der Waals surface area contributed by atoms with E-state index in [1.54, 1.807) is 7.11 Å². The van der Waals surface area contributed by atoms with Crippen molar-refractivity contribution in [1.82, 2.24) is 0 Å². The Balaban J connectivity index is 1.78. The summed E-state index contributed by atoms with van der Waals surface area (Å²) in [6, 6.07) is 51.9. The molecule has 0 unspecified atom stereocenters. The van der Waals surface area contributed by atoms with Crippen LogP contribution in [-0.4, -0.2) is 13.0 Å². The average molecular weight is 506 g/mol. The maximum atomic E-state index is 5.67. The minimum Gasteiger partial charge on any atom is -0.497 e. The van der Waals surface area contributed by atoms with Crippen LogP contribution in [0.2, 0.25) is 0 Å². The first-order valence-corrected chi connectivity index (χ1v) is 15.5. The van der Waals surface area contributed by atoms with Gasteiger partial charge in [-0.15, -0.1) is 0 Å². The van der Waals surface area contributed by atoms with Gasteiger partial charge in [-0.1, -0.05) is 121 Å². The Labute approximate surface area is 215 Å². The second kappa shape index (κ2) is 11.5. The van der Waals surface area contributed by atoms with Crippen LogP contribution in [-0.2, 0) is 0 Å². The molecule has 0 saturated heterocycles. The number of rotatable bonds is 8. The number of hydrogen-bond donors (Lipinski definition) is 0. The van der Waals surface area contributed by atoms with Gasteiger partial charge in [-0.2, -0.15) is 0 Å². The van der Waals surface area contributed by atoms with Crippen molar-refractivity contribution >= 4 is 41.9 Å². The predicted molar refractivity (Wildman–Crippen MR) is 158 cm³/mol. The highest BCUT2D eigenvalue weighted by Gasteiger charge is 2.30. The van der Waals surface area contributed by atoms with E-state index < -0.39 is 15.0 Å². The fraction of sp³-hybridized carbons (Fsp3) is 0.0625. The average Bonchev–Trinajstić information content (AvgIpc) is 2.97. The molecule has 0 fully saturated rings. The molecule has 0 atom stereocenters. The van der Waals surface area contributed by atoms with Crippen LogP contribution < -0.4 is 26.0 Å². The van der Waals surface area contributed by atoms with Crippen LogP contribution in [0.3, 0.4) is 0 Å². The van der Waals surface area contributed by atoms with Gasteiger partial charge in [-0.05, 0) is 53.4 Å². The summed E-state index contributed by atoms with van der Waals surface area (Å²) >= 11 is 0. The normalized spacial score (nSPS) is 11.3. The summed E-state index contributed by atoms with van der Waals surface area (Å²) in [5, 5.41) is 5.34. The van der Waals surface area contributed by atoms with E-state index >= 15 is 0 Å². The van der Waals surface area contributed by atoms with Gasteiger partial charge in [-0.3, -0.25) is 4.74 Å². The SMILES string of the molecule is COc1ccc(N=P(CP(c2ccccc2)c2ccccc2)(c2ccccc2)c2ccccc2)cc1. The van der Waals surface area contributed by atoms with Gasteiger partial charge >= 0.3 is 0 Å². The molecule has 0 saturated carbocycles. The topological polar surface area (TPSA) is 21.6 Å². The second-order valence-electron chi connectivity index (χ2n) is 8.48. The minimum atomic E-state index is -2.22. The van der Waals surface area contributed by atoms with Crippen LogP contribution in [0.15, 0.2) is 150 Å². The highest BCUT2D eigenvalue weighted by atomic mass is 31.2. The summed E-state index contributed by atoms with van der Waals surface area (Å²) < 4.78 is 11.1. The van der Waals surface area contributed by atoms with Crippen LogP contribution >= 0.6 is 15.0 Å². The van der Waals surface area contributed by atoms with E-state index in [-0.39, 0.29) is 0 Å². The summed E-state index contributed by atoms with van der Waals surface area (Å²) in [6.07, 6.45) is 0. The van der Waals surface area contributed by atoms with Gasteiger partial charge in [0.15, 0.2) is 0 Å². The first-order valence-electron chi connectivity index (χ1n) is 12.0. The summed E-state index contributed by atoms with van der Waals surface area (Å²) in [6.45, 7) is 0. The zero-order chi connectivity index (χ0) is 24.6. The molecule has 0 spiro atoms. The summed E-state index contributed by atoms with van der Waals surface area (Å²) in [5.74, 6) is 1.80. The lowest BCUT2D eigenvalue weighted by atomic mass is 10.3. The molecule has 4 heteroatoms. The first kappa shape index (κ1) is 24.3. The zero-order valence-electron chi connectivity index (χ0n) is 20.3. The lowest BCUT2D eigenvalue weighted by molar-refractivity contribution is 0.415. The van der Waals surface area contributed by atoms with Crippen LogP contribution in [0, 0.1) is 0 Å². The molecule has 178 valence electrons. The van der Waals surface area contributed by atoms with E-state index in [1.807, 2.05) is 12.1 Å². The largest absolute Gasteiger partial charge is 0.497 e. The van der Waals surface area contributed by atoms with E-state index in [2.05, 4.69) is 133 Å². The summed E-state index contributed by atoms with van der Waals surface area (Å²) in [4.78, 5) is 0. The Kier molecular flexibility index (Phi) is 7.77. The Hall–Kier alpha value is -3.44. The molecular formula is C32H29NOP2. The third kappa shape index (κ3) is 5.36. The van der Waals surface area contributed by atoms with Gasteiger partial charge in [0.2, 0.25) is 0 Å². The van der Waals surface area contributed by atoms with Gasteiger partial charge < -0.3 is 4.74 Å². The van der Waals surface area contributed by atoms with Crippen LogP contribution in [0.4, 0.5) is 5.69 Å². The van der Waals surface area contributed by atoms with E-state index in [9.17, 15) is 0 Å². The molecule has 0 aliphatic heterocycles. The van der Waals surface area contributed by atoms with Crippen molar-refractivity contribution in [3.8, 4) is 5.75 Å². The number of benzene rings is 5. The van der Waals surface area contributed by atoms with E-state index in [0.717, 1.165) is 17.3 Å². The summed E-state index contributed by atoms with van der Waals surface area (Å²) in [7, 11) is -1.18. The fourth-order valence-electron chi connectivity index (χ4n) is 4.39. The Morgan fingerprint density at radius 3 is 1.39 bits per heavy atom. The summed E-state index contributed by atoms with van der Waals surface area (Å²) in [5.41, 5.74) is 0.980. The van der Waals surface area contributed by atoms with E-state index in [0.29, 0.717) is 0 Å². The van der Waals surface area contributed by atoms with E-state index in [1.165, 1.54) is 21.2 Å². The smallest absolute Gasteiger partial charge is 0.119 e. The monoisotopic (exact) mass is 505 g/mol. The van der Waals surface area contributed by atoms with Gasteiger partial charge in [-0.25, -0.2) is 0 Å². The standard InChI is InChI=1S/C32H29NOP2/c1-34-28-24-22-27(23-25-28)33-36(31-18-10-4-11-19-31,32-20-12-5-13-21-32)26-35(29-14-6-2-7-15-29)30-16-8-3-9-17-30/h2-25H,26H2,1H3. The number of nitrogens with zero attached hydrogens (tertiary/aromatic N) is 1. The van der Waals surface area contributed by atoms with Gasteiger partial charge in [0.1, 0.15) is 5.75 Å². The molecule has 0 aliphatic rings. The Morgan fingerprint density at radius 2 is 0.972 bits per heavy atom. The van der Waals surface area contributed by atoms with Gasteiger partial charge in [0, 0.05) is 13.0 Å². The van der Waals surface area contributed by atoms with Crippen LogP contribution in [0.5, 0.6) is 5.75 Å². The lowest BCUT2D eigenvalue weighted by Gasteiger charge is -2.31. The molecule has 5 aromatic carbocycles. The molecule has 36 heavy (non-hydrogen) atoms. The third-order valence-corrected chi connectivity index (χ3v) is 13.7. The van der Waals surface area contributed by atoms with E-state index in [4.69, 9.17) is 9.48 Å². The molecule has 0 aromatic heterocycles. The number of ether oxygens (including phenoxy) is 1. The highest BCUT2D eigenvalue weighted by Crippen LogP contribution is 2.58. The molecule has 0 amide bonds. The molecule has 2 nitrogen and oxygen atoms in total. The van der Waals surface area contributed by atoms with Crippen molar-refractivity contribution in [1.29, 1.82) is 0 Å². The van der Waals surface area contributed by atoms with Crippen LogP contribution in [0.25, 0.3) is 0 Å². The van der Waals surface area contributed by atoms with Crippen molar-refractivity contribution in [3.05, 3.63) is 146 Å². The maximum Gasteiger partial charge on any atom is 0.119 e. The molecule has 0 N–H and O–H groups in total. The minimum absolute atomic E-state index is 0.661. The maximum absolute atomic E-state index is 5.67. The number of hydrogen-bond acceptors (Lipinski definition) is 2. The number of methoxy groups -OCH3 is 1. The first-order chi connectivity index (χ1) is 17.8. The Morgan fingerprint density at radius 1 is 0.556 bits per heavy atom. The third-order valence-electron chi connectivity index (χ3n) is 6.21. The molecule has 5 aromatic rings. The van der Waals surface area contributed by atoms with Crippen molar-refractivity contribution in [2.24, 2.45) is 4.74 Å². The van der Waals surface area contributed by atoms with Crippen molar-refractivity contribution in [2.45, 2.75) is 0 Å². The second-order valence-corrected chi connectivity index (χ2v) is 14.3.